The predicted octanol–water partition coefficient (Wildman–Crippen LogP) is 0.431. The maximum Gasteiger partial charge on any atom is 0.345 e. The summed E-state index contributed by atoms with van der Waals surface area (Å²) in [6.07, 6.45) is 1.16. The van der Waals surface area contributed by atoms with Crippen molar-refractivity contribution in [3.8, 4) is 0 Å². The third-order valence-corrected chi connectivity index (χ3v) is 2.54. The zero-order valence-corrected chi connectivity index (χ0v) is 10.3. The molecule has 0 atom stereocenters. The summed E-state index contributed by atoms with van der Waals surface area (Å²) in [5.74, 6) is -0.763. The third kappa shape index (κ3) is 2.98. The lowest BCUT2D eigenvalue weighted by Crippen LogP contribution is -2.32. The summed E-state index contributed by atoms with van der Waals surface area (Å²) in [7, 11) is 1.44. The van der Waals surface area contributed by atoms with E-state index in [1.165, 1.54) is 7.05 Å². The molecule has 0 amide bonds. The predicted molar refractivity (Wildman–Crippen MR) is 67.9 cm³/mol. The zero-order chi connectivity index (χ0) is 13.8. The minimum atomic E-state index is -0.763. The Morgan fingerprint density at radius 1 is 1.26 bits per heavy atom. The molecule has 19 heavy (non-hydrogen) atoms. The number of hydrogen-bond acceptors (Lipinski definition) is 4. The highest BCUT2D eigenvalue weighted by Gasteiger charge is 2.13. The molecular weight excluding hydrogens is 248 g/mol. The number of aromatic nitrogens is 2. The van der Waals surface area contributed by atoms with Crippen LogP contribution in [0.25, 0.3) is 0 Å². The molecule has 98 valence electrons. The number of carbonyl (C=O) groups excluding carboxylic acids is 1. The topological polar surface area (TPSA) is 81.2 Å². The molecule has 1 N–H and O–H groups in total. The fraction of sp³-hybridized carbons (Fsp3) is 0.154. The summed E-state index contributed by atoms with van der Waals surface area (Å²) in [5.41, 5.74) is -0.707. The number of ether oxygens (including phenoxy) is 1. The van der Waals surface area contributed by atoms with Crippen LogP contribution in [0.1, 0.15) is 15.9 Å². The van der Waals surface area contributed by atoms with E-state index in [0.717, 1.165) is 16.3 Å². The molecule has 0 aliphatic heterocycles. The molecule has 1 aromatic carbocycles. The number of aromatic amines is 1. The Balaban J connectivity index is 2.15. The first-order valence-electron chi connectivity index (χ1n) is 5.59. The van der Waals surface area contributed by atoms with Gasteiger partial charge in [0.25, 0.3) is 5.56 Å². The normalized spacial score (nSPS) is 10.2. The van der Waals surface area contributed by atoms with E-state index in [1.807, 2.05) is 23.2 Å². The Kier molecular flexibility index (Phi) is 3.61. The van der Waals surface area contributed by atoms with Crippen LogP contribution >= 0.6 is 0 Å². The van der Waals surface area contributed by atoms with Crippen LogP contribution in [-0.4, -0.2) is 15.5 Å². The number of benzene rings is 1. The molecule has 1 heterocycles. The summed E-state index contributed by atoms with van der Waals surface area (Å²) in [5, 5.41) is 0. The zero-order valence-electron chi connectivity index (χ0n) is 10.3. The molecule has 0 spiro atoms. The van der Waals surface area contributed by atoms with Crippen LogP contribution in [0, 0.1) is 0 Å². The van der Waals surface area contributed by atoms with Crippen LogP contribution in [0.2, 0.25) is 0 Å². The highest BCUT2D eigenvalue weighted by atomic mass is 16.5. The van der Waals surface area contributed by atoms with Crippen molar-refractivity contribution in [2.75, 3.05) is 0 Å². The molecule has 6 heteroatoms. The Bertz CT molecular complexity index is 701. The van der Waals surface area contributed by atoms with Crippen molar-refractivity contribution in [2.24, 2.45) is 7.05 Å². The summed E-state index contributed by atoms with van der Waals surface area (Å²) < 4.78 is 6.13. The van der Waals surface area contributed by atoms with Crippen molar-refractivity contribution in [2.45, 2.75) is 6.61 Å². The highest BCUT2D eigenvalue weighted by molar-refractivity contribution is 5.88. The summed E-state index contributed by atoms with van der Waals surface area (Å²) >= 11 is 0. The molecule has 2 aromatic rings. The van der Waals surface area contributed by atoms with E-state index in [2.05, 4.69) is 0 Å². The number of carbonyl (C=O) groups is 1. The van der Waals surface area contributed by atoms with Crippen LogP contribution in [0.5, 0.6) is 0 Å². The fourth-order valence-corrected chi connectivity index (χ4v) is 1.51. The lowest BCUT2D eigenvalue weighted by molar-refractivity contribution is 0.0469. The molecule has 1 aromatic heterocycles. The minimum absolute atomic E-state index is 0.0714. The van der Waals surface area contributed by atoms with Gasteiger partial charge in [0.2, 0.25) is 0 Å². The van der Waals surface area contributed by atoms with Crippen LogP contribution in [0.15, 0.2) is 46.1 Å². The quantitative estimate of drug-likeness (QED) is 0.811. The summed E-state index contributed by atoms with van der Waals surface area (Å²) in [6.45, 7) is 0.0714. The summed E-state index contributed by atoms with van der Waals surface area (Å²) in [6, 6.07) is 9.10. The maximum absolute atomic E-state index is 11.7. The second-order valence-electron chi connectivity index (χ2n) is 3.97. The SMILES string of the molecule is Cn1cc(C(=O)OCc2ccccc2)c(=O)[nH]c1=O. The number of esters is 1. The second kappa shape index (κ2) is 5.34. The smallest absolute Gasteiger partial charge is 0.345 e. The third-order valence-electron chi connectivity index (χ3n) is 2.54. The van der Waals surface area contributed by atoms with Crippen molar-refractivity contribution >= 4 is 5.97 Å². The van der Waals surface area contributed by atoms with Gasteiger partial charge in [-0.15, -0.1) is 0 Å². The number of rotatable bonds is 3. The van der Waals surface area contributed by atoms with E-state index in [-0.39, 0.29) is 12.2 Å². The van der Waals surface area contributed by atoms with Gasteiger partial charge in [-0.1, -0.05) is 30.3 Å². The van der Waals surface area contributed by atoms with Gasteiger partial charge >= 0.3 is 11.7 Å². The van der Waals surface area contributed by atoms with Crippen LogP contribution in [-0.2, 0) is 18.4 Å². The second-order valence-corrected chi connectivity index (χ2v) is 3.97. The van der Waals surface area contributed by atoms with E-state index in [0.29, 0.717) is 0 Å². The van der Waals surface area contributed by atoms with Crippen molar-refractivity contribution in [1.82, 2.24) is 9.55 Å². The van der Waals surface area contributed by atoms with Crippen molar-refractivity contribution < 1.29 is 9.53 Å². The van der Waals surface area contributed by atoms with Gasteiger partial charge in [-0.2, -0.15) is 0 Å². The van der Waals surface area contributed by atoms with Crippen molar-refractivity contribution in [1.29, 1.82) is 0 Å². The number of H-pyrrole nitrogens is 1. The van der Waals surface area contributed by atoms with E-state index in [4.69, 9.17) is 4.74 Å². The molecular formula is C13H12N2O4. The average Bonchev–Trinajstić information content (AvgIpc) is 2.41. The van der Waals surface area contributed by atoms with Gasteiger partial charge in [-0.3, -0.25) is 9.78 Å². The van der Waals surface area contributed by atoms with E-state index in [1.54, 1.807) is 12.1 Å². The largest absolute Gasteiger partial charge is 0.457 e. The average molecular weight is 260 g/mol. The number of hydrogen-bond donors (Lipinski definition) is 1. The van der Waals surface area contributed by atoms with Gasteiger partial charge in [0.05, 0.1) is 0 Å². The molecule has 0 radical (unpaired) electrons. The van der Waals surface area contributed by atoms with Gasteiger partial charge in [0.15, 0.2) is 0 Å². The van der Waals surface area contributed by atoms with E-state index in [9.17, 15) is 14.4 Å². The first-order valence-corrected chi connectivity index (χ1v) is 5.59. The number of nitrogens with one attached hydrogen (secondary N) is 1. The molecule has 0 bridgehead atoms. The lowest BCUT2D eigenvalue weighted by Gasteiger charge is -2.05. The van der Waals surface area contributed by atoms with E-state index < -0.39 is 17.2 Å². The Hall–Kier alpha value is -2.63. The fourth-order valence-electron chi connectivity index (χ4n) is 1.51. The van der Waals surface area contributed by atoms with Gasteiger partial charge < -0.3 is 9.30 Å². The Morgan fingerprint density at radius 3 is 2.63 bits per heavy atom. The Labute approximate surface area is 108 Å². The molecule has 0 saturated heterocycles. The monoisotopic (exact) mass is 260 g/mol. The van der Waals surface area contributed by atoms with Gasteiger partial charge in [-0.25, -0.2) is 9.59 Å². The Morgan fingerprint density at radius 2 is 1.95 bits per heavy atom. The van der Waals surface area contributed by atoms with Crippen molar-refractivity contribution in [3.63, 3.8) is 0 Å². The lowest BCUT2D eigenvalue weighted by atomic mass is 10.2. The molecule has 0 aliphatic rings. The molecule has 0 saturated carbocycles. The van der Waals surface area contributed by atoms with Gasteiger partial charge in [0.1, 0.15) is 12.2 Å². The van der Waals surface area contributed by atoms with E-state index >= 15 is 0 Å². The minimum Gasteiger partial charge on any atom is -0.457 e. The molecule has 0 unspecified atom stereocenters. The highest BCUT2D eigenvalue weighted by Crippen LogP contribution is 2.02. The van der Waals surface area contributed by atoms with Crippen molar-refractivity contribution in [3.05, 3.63) is 68.5 Å². The van der Waals surface area contributed by atoms with Crippen LogP contribution in [0.3, 0.4) is 0 Å². The molecule has 0 aliphatic carbocycles. The molecule has 0 fully saturated rings. The maximum atomic E-state index is 11.7. The van der Waals surface area contributed by atoms with Gasteiger partial charge in [-0.05, 0) is 5.56 Å². The summed E-state index contributed by atoms with van der Waals surface area (Å²) in [4.78, 5) is 36.4. The van der Waals surface area contributed by atoms with Crippen LogP contribution in [0.4, 0.5) is 0 Å². The molecule has 2 rings (SSSR count). The first-order chi connectivity index (χ1) is 9.08. The first kappa shape index (κ1) is 12.8. The number of nitrogens with zero attached hydrogens (tertiary/aromatic N) is 1. The molecule has 6 nitrogen and oxygen atoms in total. The standard InChI is InChI=1S/C13H12N2O4/c1-15-7-10(11(16)14-13(15)18)12(17)19-8-9-5-3-2-4-6-9/h2-7H,8H2,1H3,(H,14,16,18). The number of aryl methyl sites for hydroxylation is 1. The van der Waals surface area contributed by atoms with Gasteiger partial charge in [0, 0.05) is 13.2 Å². The van der Waals surface area contributed by atoms with Crippen LogP contribution < -0.4 is 11.2 Å².